The summed E-state index contributed by atoms with van der Waals surface area (Å²) in [7, 11) is 0. The largest absolute Gasteiger partial charge is 0.493 e. The van der Waals surface area contributed by atoms with E-state index in [1.165, 1.54) is 0 Å². The molecule has 1 fully saturated rings. The quantitative estimate of drug-likeness (QED) is 0.815. The number of hydrogen-bond donors (Lipinski definition) is 2. The minimum Gasteiger partial charge on any atom is -0.493 e. The first-order chi connectivity index (χ1) is 9.99. The Morgan fingerprint density at radius 1 is 1.52 bits per heavy atom. The van der Waals surface area contributed by atoms with E-state index in [4.69, 9.17) is 9.47 Å². The molecule has 6 heteroatoms. The Morgan fingerprint density at radius 2 is 2.24 bits per heavy atom. The lowest BCUT2D eigenvalue weighted by Crippen LogP contribution is -2.47. The van der Waals surface area contributed by atoms with Gasteiger partial charge in [-0.05, 0) is 31.2 Å². The fraction of sp³-hybridized carbons (Fsp3) is 0.533. The van der Waals surface area contributed by atoms with E-state index in [1.54, 1.807) is 0 Å². The molecule has 1 heterocycles. The van der Waals surface area contributed by atoms with Gasteiger partial charge in [0, 0.05) is 24.0 Å². The summed E-state index contributed by atoms with van der Waals surface area (Å²) >= 11 is 3.35. The van der Waals surface area contributed by atoms with Crippen LogP contribution in [0.2, 0.25) is 0 Å². The van der Waals surface area contributed by atoms with Crippen LogP contribution in [0.3, 0.4) is 0 Å². The molecule has 1 aromatic rings. The van der Waals surface area contributed by atoms with Gasteiger partial charge in [0.2, 0.25) is 5.91 Å². The molecule has 1 saturated heterocycles. The average molecular weight is 358 g/mol. The predicted molar refractivity (Wildman–Crippen MR) is 82.2 cm³/mol. The smallest absolute Gasteiger partial charge is 0.223 e. The molecule has 2 N–H and O–H groups in total. The maximum absolute atomic E-state index is 11.7. The zero-order chi connectivity index (χ0) is 15.3. The van der Waals surface area contributed by atoms with Gasteiger partial charge in [0.15, 0.2) is 0 Å². The van der Waals surface area contributed by atoms with E-state index in [-0.39, 0.29) is 25.0 Å². The van der Waals surface area contributed by atoms with E-state index >= 15 is 0 Å². The van der Waals surface area contributed by atoms with Crippen LogP contribution in [0.4, 0.5) is 0 Å². The van der Waals surface area contributed by atoms with E-state index in [9.17, 15) is 9.90 Å². The number of halogens is 1. The van der Waals surface area contributed by atoms with Crippen molar-refractivity contribution >= 4 is 21.8 Å². The zero-order valence-electron chi connectivity index (χ0n) is 12.0. The second-order valence-electron chi connectivity index (χ2n) is 5.20. The van der Waals surface area contributed by atoms with Crippen LogP contribution in [0.25, 0.3) is 0 Å². The lowest BCUT2D eigenvalue weighted by atomic mass is 9.97. The molecule has 0 bridgehead atoms. The summed E-state index contributed by atoms with van der Waals surface area (Å²) in [6, 6.07) is 7.43. The van der Waals surface area contributed by atoms with Crippen LogP contribution in [0.5, 0.6) is 5.75 Å². The number of amides is 1. The Labute approximate surface area is 132 Å². The Bertz CT molecular complexity index is 479. The van der Waals surface area contributed by atoms with Crippen molar-refractivity contribution in [3.63, 3.8) is 0 Å². The van der Waals surface area contributed by atoms with Crippen LogP contribution in [0.15, 0.2) is 28.7 Å². The molecule has 1 aliphatic rings. The van der Waals surface area contributed by atoms with Gasteiger partial charge < -0.3 is 19.9 Å². The predicted octanol–water partition coefficient (Wildman–Crippen LogP) is 1.87. The molecule has 0 aliphatic carbocycles. The molecule has 116 valence electrons. The number of carbonyl (C=O) groups is 1. The first-order valence-corrected chi connectivity index (χ1v) is 7.78. The minimum atomic E-state index is -0.956. The van der Waals surface area contributed by atoms with Crippen LogP contribution < -0.4 is 10.1 Å². The normalized spacial score (nSPS) is 24.8. The molecule has 2 rings (SSSR count). The topological polar surface area (TPSA) is 67.8 Å². The fourth-order valence-corrected chi connectivity index (χ4v) is 2.40. The molecule has 2 unspecified atom stereocenters. The lowest BCUT2D eigenvalue weighted by molar-refractivity contribution is -0.123. The number of ether oxygens (including phenoxy) is 2. The second-order valence-corrected chi connectivity index (χ2v) is 6.11. The van der Waals surface area contributed by atoms with Crippen molar-refractivity contribution in [3.8, 4) is 5.75 Å². The Kier molecular flexibility index (Phi) is 5.61. The third-order valence-corrected chi connectivity index (χ3v) is 4.19. The number of hydrogen-bond acceptors (Lipinski definition) is 4. The monoisotopic (exact) mass is 357 g/mol. The highest BCUT2D eigenvalue weighted by molar-refractivity contribution is 9.10. The number of benzene rings is 1. The maximum Gasteiger partial charge on any atom is 0.223 e. The van der Waals surface area contributed by atoms with Crippen molar-refractivity contribution in [2.75, 3.05) is 19.8 Å². The summed E-state index contributed by atoms with van der Waals surface area (Å²) in [6.45, 7) is 2.86. The van der Waals surface area contributed by atoms with Gasteiger partial charge in [-0.15, -0.1) is 0 Å². The van der Waals surface area contributed by atoms with Gasteiger partial charge in [0.05, 0.1) is 19.1 Å². The van der Waals surface area contributed by atoms with Crippen LogP contribution in [-0.4, -0.2) is 42.5 Å². The van der Waals surface area contributed by atoms with Crippen LogP contribution in [0, 0.1) is 0 Å². The summed E-state index contributed by atoms with van der Waals surface area (Å²) in [5.74, 6) is 0.585. The van der Waals surface area contributed by atoms with Crippen molar-refractivity contribution in [2.24, 2.45) is 0 Å². The Hall–Kier alpha value is -1.11. The molecular formula is C15H20BrNO4. The van der Waals surface area contributed by atoms with E-state index in [0.29, 0.717) is 19.6 Å². The maximum atomic E-state index is 11.7. The molecule has 21 heavy (non-hydrogen) atoms. The van der Waals surface area contributed by atoms with Crippen LogP contribution in [0.1, 0.15) is 19.8 Å². The standard InChI is InChI=1S/C15H20BrNO4/c1-11-15(19,7-9-20-11)10-17-14(18)6-8-21-13-4-2-12(16)3-5-13/h2-5,11,19H,6-10H2,1H3,(H,17,18). The summed E-state index contributed by atoms with van der Waals surface area (Å²) < 4.78 is 11.8. The van der Waals surface area contributed by atoms with Gasteiger partial charge in [-0.3, -0.25) is 4.79 Å². The fourth-order valence-electron chi connectivity index (χ4n) is 2.14. The van der Waals surface area contributed by atoms with Crippen LogP contribution >= 0.6 is 15.9 Å². The van der Waals surface area contributed by atoms with Gasteiger partial charge in [0.25, 0.3) is 0 Å². The summed E-state index contributed by atoms with van der Waals surface area (Å²) in [5.41, 5.74) is -0.956. The third-order valence-electron chi connectivity index (χ3n) is 3.66. The molecular weight excluding hydrogens is 338 g/mol. The van der Waals surface area contributed by atoms with Gasteiger partial charge in [-0.25, -0.2) is 0 Å². The first-order valence-electron chi connectivity index (χ1n) is 6.99. The molecule has 1 amide bonds. The summed E-state index contributed by atoms with van der Waals surface area (Å²) in [6.07, 6.45) is 0.544. The van der Waals surface area contributed by atoms with E-state index < -0.39 is 5.60 Å². The molecule has 0 saturated carbocycles. The number of aliphatic hydroxyl groups is 1. The minimum absolute atomic E-state index is 0.139. The van der Waals surface area contributed by atoms with E-state index in [2.05, 4.69) is 21.2 Å². The van der Waals surface area contributed by atoms with Gasteiger partial charge in [-0.2, -0.15) is 0 Å². The molecule has 2 atom stereocenters. The van der Waals surface area contributed by atoms with E-state index in [1.807, 2.05) is 31.2 Å². The van der Waals surface area contributed by atoms with Crippen molar-refractivity contribution in [3.05, 3.63) is 28.7 Å². The van der Waals surface area contributed by atoms with E-state index in [0.717, 1.165) is 10.2 Å². The molecule has 1 aromatic carbocycles. The zero-order valence-corrected chi connectivity index (χ0v) is 13.6. The molecule has 0 aromatic heterocycles. The van der Waals surface area contributed by atoms with Crippen molar-refractivity contribution in [2.45, 2.75) is 31.5 Å². The van der Waals surface area contributed by atoms with Gasteiger partial charge in [-0.1, -0.05) is 15.9 Å². The number of carbonyl (C=O) groups excluding carboxylic acids is 1. The van der Waals surface area contributed by atoms with Crippen molar-refractivity contribution in [1.82, 2.24) is 5.32 Å². The highest BCUT2D eigenvalue weighted by Crippen LogP contribution is 2.24. The van der Waals surface area contributed by atoms with Crippen molar-refractivity contribution in [1.29, 1.82) is 0 Å². The summed E-state index contributed by atoms with van der Waals surface area (Å²) in [4.78, 5) is 11.7. The molecule has 0 spiro atoms. The van der Waals surface area contributed by atoms with Gasteiger partial charge >= 0.3 is 0 Å². The van der Waals surface area contributed by atoms with Crippen molar-refractivity contribution < 1.29 is 19.4 Å². The number of rotatable bonds is 6. The SMILES string of the molecule is CC1OCCC1(O)CNC(=O)CCOc1ccc(Br)cc1. The van der Waals surface area contributed by atoms with Gasteiger partial charge in [0.1, 0.15) is 11.4 Å². The average Bonchev–Trinajstić information content (AvgIpc) is 2.79. The second kappa shape index (κ2) is 7.24. The first kappa shape index (κ1) is 16.3. The molecule has 5 nitrogen and oxygen atoms in total. The Balaban J connectivity index is 1.67. The highest BCUT2D eigenvalue weighted by atomic mass is 79.9. The third kappa shape index (κ3) is 4.69. The summed E-state index contributed by atoms with van der Waals surface area (Å²) in [5, 5.41) is 13.0. The highest BCUT2D eigenvalue weighted by Gasteiger charge is 2.39. The Morgan fingerprint density at radius 3 is 2.86 bits per heavy atom. The van der Waals surface area contributed by atoms with Crippen LogP contribution in [-0.2, 0) is 9.53 Å². The lowest BCUT2D eigenvalue weighted by Gasteiger charge is -2.26. The number of nitrogens with one attached hydrogen (secondary N) is 1. The molecule has 1 aliphatic heterocycles. The molecule has 0 radical (unpaired) electrons.